The molecule has 4 N–H and O–H groups in total. The Morgan fingerprint density at radius 3 is 2.34 bits per heavy atom. The number of H-pyrrole nitrogens is 1. The fourth-order valence-corrected chi connectivity index (χ4v) is 11.7. The molecule has 1 amide bonds. The van der Waals surface area contributed by atoms with Crippen LogP contribution in [-0.2, 0) is 33.4 Å². The number of esters is 1. The number of Topliss-reactive ketones (excluding diaryl/α,β-unsaturated/α-hetero) is 3. The summed E-state index contributed by atoms with van der Waals surface area (Å²) in [7, 11) is 0. The Hall–Kier alpha value is -4.49. The first kappa shape index (κ1) is 54.8. The van der Waals surface area contributed by atoms with Crippen LogP contribution in [0.3, 0.4) is 0 Å². The summed E-state index contributed by atoms with van der Waals surface area (Å²) < 4.78 is 12.8. The largest absolute Gasteiger partial charge is 0.460 e. The second kappa shape index (κ2) is 24.3. The fraction of sp³-hybridized carbons (Fsp3) is 0.638. The van der Waals surface area contributed by atoms with E-state index >= 15 is 0 Å². The number of aromatic nitrogens is 1. The summed E-state index contributed by atoms with van der Waals surface area (Å²) in [6.07, 6.45) is 17.0. The number of piperidine rings is 1. The molecule has 1 aromatic heterocycles. The number of carbonyl (C=O) groups excluding carboxylic acids is 5. The predicted octanol–water partition coefficient (Wildman–Crippen LogP) is 9.67. The molecule has 4 heterocycles. The molecule has 15 atom stereocenters. The molecule has 6 rings (SSSR count). The summed E-state index contributed by atoms with van der Waals surface area (Å²) in [6.45, 7) is 17.0. The van der Waals surface area contributed by atoms with E-state index in [1.165, 1.54) is 4.90 Å². The standard InChI is InChI=1S/C58H82N2O10/c1-34-17-11-10-12-18-35(2)46(47-33-59-48-20-14-13-19-45(47)48)31-44-24-22-41(8)58(68,70-44)55(65)56(66)60-26-16-15-21-49(60)57(67)69-52(38(5)30-43-23-25-50(61)37(4)29-43)32-51(62)36(3)28-40(7)54(64)42(9)53(63)39(6)27-34/h10-14,17-20,28,33-34,36-39,41-44,46,49-50,52,54,59,61,64,68H,15-16,21-27,29-32H2,1-9H3/b12-10+,17-11+,35-18+,40-28+/t34-,36-,37-,38-,39-,41-,42+,43?,44+,46-,49+,50-,52?,54-,58-/m1/s1. The third kappa shape index (κ3) is 13.1. The van der Waals surface area contributed by atoms with Gasteiger partial charge in [-0.3, -0.25) is 19.2 Å². The fourth-order valence-electron chi connectivity index (χ4n) is 11.7. The Kier molecular flexibility index (Phi) is 19.0. The molecular formula is C58H82N2O10. The molecule has 12 nitrogen and oxygen atoms in total. The maximum Gasteiger partial charge on any atom is 0.329 e. The van der Waals surface area contributed by atoms with E-state index in [4.69, 9.17) is 9.47 Å². The van der Waals surface area contributed by atoms with E-state index in [1.807, 2.05) is 69.5 Å². The van der Waals surface area contributed by atoms with E-state index in [1.54, 1.807) is 33.8 Å². The molecule has 384 valence electrons. The lowest BCUT2D eigenvalue weighted by Crippen LogP contribution is -2.60. The van der Waals surface area contributed by atoms with Crippen LogP contribution in [0.25, 0.3) is 10.9 Å². The number of aliphatic hydroxyl groups is 3. The summed E-state index contributed by atoms with van der Waals surface area (Å²) in [5.41, 5.74) is 3.55. The van der Waals surface area contributed by atoms with Crippen molar-refractivity contribution in [2.24, 2.45) is 47.3 Å². The molecule has 1 aliphatic carbocycles. The van der Waals surface area contributed by atoms with Gasteiger partial charge < -0.3 is 34.7 Å². The minimum atomic E-state index is -2.43. The van der Waals surface area contributed by atoms with E-state index in [-0.39, 0.29) is 72.6 Å². The number of hydrogen-bond acceptors (Lipinski definition) is 10. The SMILES string of the molecule is C\C1=C/C=C/C=C/[C@@H](C)C[C@@H](C)C(=O)[C@H](C)[C@H](O)/C(C)=C/[C@@H](C)C(=O)CC([C@H](C)CC2CC[C@@H](O)[C@H](C)C2)OC(=O)[C@@H]2CCCCN2C(=O)C(=O)[C@]2(O)O[C@@H](CC[C@H]2C)C[C@H]1c1c[nH]c2ccccc12. The quantitative estimate of drug-likeness (QED) is 0.131. The van der Waals surface area contributed by atoms with Gasteiger partial charge in [-0.1, -0.05) is 109 Å². The van der Waals surface area contributed by atoms with Crippen molar-refractivity contribution in [2.45, 2.75) is 182 Å². The molecule has 12 heteroatoms. The van der Waals surface area contributed by atoms with E-state index in [0.29, 0.717) is 56.9 Å². The van der Waals surface area contributed by atoms with Crippen molar-refractivity contribution in [3.8, 4) is 0 Å². The molecule has 70 heavy (non-hydrogen) atoms. The number of carbonyl (C=O) groups is 5. The Labute approximate surface area is 416 Å². The van der Waals surface area contributed by atoms with Crippen LogP contribution < -0.4 is 0 Å². The summed E-state index contributed by atoms with van der Waals surface area (Å²) in [5.74, 6) is -7.94. The number of nitrogens with zero attached hydrogens (tertiary/aromatic N) is 1. The maximum atomic E-state index is 14.5. The van der Waals surface area contributed by atoms with Crippen LogP contribution in [-0.4, -0.2) is 97.2 Å². The number of fused-ring (bicyclic) bond motifs is 4. The molecule has 2 bridgehead atoms. The molecule has 2 unspecified atom stereocenters. The van der Waals surface area contributed by atoms with Gasteiger partial charge in [-0.05, 0) is 125 Å². The highest BCUT2D eigenvalue weighted by atomic mass is 16.6. The van der Waals surface area contributed by atoms with E-state index in [2.05, 4.69) is 31.0 Å². The van der Waals surface area contributed by atoms with Crippen molar-refractivity contribution in [3.63, 3.8) is 0 Å². The van der Waals surface area contributed by atoms with Gasteiger partial charge in [-0.2, -0.15) is 0 Å². The van der Waals surface area contributed by atoms with Crippen molar-refractivity contribution >= 4 is 40.1 Å². The van der Waals surface area contributed by atoms with Crippen molar-refractivity contribution in [1.82, 2.24) is 9.88 Å². The van der Waals surface area contributed by atoms with Gasteiger partial charge in [0.05, 0.1) is 18.3 Å². The number of hydrogen-bond donors (Lipinski definition) is 4. The van der Waals surface area contributed by atoms with Gasteiger partial charge in [-0.15, -0.1) is 0 Å². The first-order chi connectivity index (χ1) is 33.2. The van der Waals surface area contributed by atoms with Gasteiger partial charge in [0.1, 0.15) is 23.7 Å². The van der Waals surface area contributed by atoms with Crippen molar-refractivity contribution in [3.05, 3.63) is 83.6 Å². The van der Waals surface area contributed by atoms with Crippen LogP contribution in [0.2, 0.25) is 0 Å². The lowest BCUT2D eigenvalue weighted by molar-refractivity contribution is -0.264. The minimum Gasteiger partial charge on any atom is -0.460 e. The summed E-state index contributed by atoms with van der Waals surface area (Å²) >= 11 is 0. The van der Waals surface area contributed by atoms with E-state index in [0.717, 1.165) is 34.9 Å². The average Bonchev–Trinajstić information content (AvgIpc) is 3.77. The number of ketones is 3. The number of nitrogens with one attached hydrogen (secondary N) is 1. The molecular weight excluding hydrogens is 885 g/mol. The Morgan fingerprint density at radius 2 is 1.60 bits per heavy atom. The highest BCUT2D eigenvalue weighted by Gasteiger charge is 2.53. The average molecular weight is 967 g/mol. The van der Waals surface area contributed by atoms with E-state index in [9.17, 15) is 39.3 Å². The zero-order valence-corrected chi connectivity index (χ0v) is 43.3. The number of benzene rings is 1. The summed E-state index contributed by atoms with van der Waals surface area (Å²) in [4.78, 5) is 76.0. The van der Waals surface area contributed by atoms with Crippen molar-refractivity contribution < 1.29 is 48.8 Å². The molecule has 1 saturated carbocycles. The van der Waals surface area contributed by atoms with Gasteiger partial charge >= 0.3 is 5.97 Å². The summed E-state index contributed by atoms with van der Waals surface area (Å²) in [5, 5.41) is 35.2. The lowest BCUT2D eigenvalue weighted by Gasteiger charge is -2.43. The monoisotopic (exact) mass is 967 g/mol. The van der Waals surface area contributed by atoms with Gasteiger partial charge in [0, 0.05) is 59.7 Å². The third-order valence-corrected chi connectivity index (χ3v) is 16.4. The van der Waals surface area contributed by atoms with Crippen LogP contribution in [0, 0.1) is 47.3 Å². The van der Waals surface area contributed by atoms with Crippen LogP contribution in [0.5, 0.6) is 0 Å². The first-order valence-corrected chi connectivity index (χ1v) is 26.3. The number of rotatable bonds is 4. The maximum absolute atomic E-state index is 14.5. The molecule has 1 aromatic carbocycles. The van der Waals surface area contributed by atoms with Gasteiger partial charge in [-0.25, -0.2) is 4.79 Å². The third-order valence-electron chi connectivity index (χ3n) is 16.4. The van der Waals surface area contributed by atoms with Crippen molar-refractivity contribution in [2.75, 3.05) is 6.54 Å². The number of aliphatic hydroxyl groups excluding tert-OH is 2. The smallest absolute Gasteiger partial charge is 0.329 e. The second-order valence-electron chi connectivity index (χ2n) is 22.0. The molecule has 3 fully saturated rings. The zero-order valence-electron chi connectivity index (χ0n) is 43.3. The van der Waals surface area contributed by atoms with Gasteiger partial charge in [0.2, 0.25) is 5.79 Å². The van der Waals surface area contributed by atoms with Gasteiger partial charge in [0.15, 0.2) is 0 Å². The Balaban J connectivity index is 1.34. The van der Waals surface area contributed by atoms with E-state index < -0.39 is 65.6 Å². The van der Waals surface area contributed by atoms with Crippen LogP contribution in [0.1, 0.15) is 151 Å². The Bertz CT molecular complexity index is 2290. The number of cyclic esters (lactones) is 1. The van der Waals surface area contributed by atoms with Crippen LogP contribution >= 0.6 is 0 Å². The predicted molar refractivity (Wildman–Crippen MR) is 272 cm³/mol. The molecule has 2 saturated heterocycles. The normalized spacial score (nSPS) is 38.4. The number of para-hydroxylation sites is 1. The number of allylic oxidation sites excluding steroid dienone is 7. The molecule has 0 spiro atoms. The minimum absolute atomic E-state index is 0.0574. The van der Waals surface area contributed by atoms with Gasteiger partial charge in [0.25, 0.3) is 11.7 Å². The summed E-state index contributed by atoms with van der Waals surface area (Å²) in [6, 6.07) is 6.93. The first-order valence-electron chi connectivity index (χ1n) is 26.3. The zero-order chi connectivity index (χ0) is 51.0. The number of ether oxygens (including phenoxy) is 2. The highest BCUT2D eigenvalue weighted by molar-refractivity contribution is 6.39. The number of amides is 1. The second-order valence-corrected chi connectivity index (χ2v) is 22.0. The Morgan fingerprint density at radius 1 is 0.857 bits per heavy atom. The highest BCUT2D eigenvalue weighted by Crippen LogP contribution is 2.42. The molecule has 0 radical (unpaired) electrons. The molecule has 4 aliphatic rings. The van der Waals surface area contributed by atoms with Crippen molar-refractivity contribution in [1.29, 1.82) is 0 Å². The van der Waals surface area contributed by atoms with Crippen LogP contribution in [0.4, 0.5) is 0 Å². The lowest BCUT2D eigenvalue weighted by atomic mass is 9.75. The topological polar surface area (TPSA) is 184 Å². The van der Waals surface area contributed by atoms with Crippen LogP contribution in [0.15, 0.2) is 78.1 Å². The molecule has 2 aromatic rings. The molecule has 3 aliphatic heterocycles. The number of aromatic amines is 1.